The summed E-state index contributed by atoms with van der Waals surface area (Å²) in [7, 11) is -1.51. The van der Waals surface area contributed by atoms with Gasteiger partial charge >= 0.3 is 7.12 Å². The number of nitrogens with zero attached hydrogens (tertiary/aromatic N) is 1. The van der Waals surface area contributed by atoms with Gasteiger partial charge in [-0.3, -0.25) is 0 Å². The second kappa shape index (κ2) is 7.71. The Morgan fingerprint density at radius 1 is 0.629 bits per heavy atom. The number of hydrogen-bond acceptors (Lipinski definition) is 2. The van der Waals surface area contributed by atoms with Crippen molar-refractivity contribution in [1.82, 2.24) is 4.57 Å². The highest BCUT2D eigenvalue weighted by Gasteiger charge is 2.33. The minimum atomic E-state index is -1.51. The van der Waals surface area contributed by atoms with Crippen LogP contribution in [0.4, 0.5) is 0 Å². The second-order valence-corrected chi connectivity index (χ2v) is 9.18. The first-order valence-corrected chi connectivity index (χ1v) is 11.9. The Balaban J connectivity index is 1.67. The summed E-state index contributed by atoms with van der Waals surface area (Å²) in [6.07, 6.45) is 0. The Morgan fingerprint density at radius 3 is 2.11 bits per heavy atom. The van der Waals surface area contributed by atoms with Gasteiger partial charge in [0.2, 0.25) is 0 Å². The van der Waals surface area contributed by atoms with Crippen molar-refractivity contribution in [3.63, 3.8) is 0 Å². The van der Waals surface area contributed by atoms with Crippen LogP contribution >= 0.6 is 0 Å². The number of aromatic nitrogens is 1. The van der Waals surface area contributed by atoms with Crippen LogP contribution in [-0.4, -0.2) is 21.7 Å². The molecule has 0 amide bonds. The summed E-state index contributed by atoms with van der Waals surface area (Å²) in [5, 5.41) is 21.9. The smallest absolute Gasteiger partial charge is 0.423 e. The molecule has 6 aromatic rings. The molecule has 166 valence electrons. The lowest BCUT2D eigenvalue weighted by atomic mass is 9.79. The molecule has 2 N–H and O–H groups in total. The molecule has 0 radical (unpaired) electrons. The Kier molecular flexibility index (Phi) is 4.46. The van der Waals surface area contributed by atoms with Crippen molar-refractivity contribution in [3.8, 4) is 16.8 Å². The predicted molar refractivity (Wildman–Crippen MR) is 143 cm³/mol. The standard InChI is InChI=1S/C31H22BNO2/c34-32(35)21-15-18-28-27(19-21)26-17-16-25-23-13-7-8-14-24(23)29(20-9-3-1-4-10-20)30(25)31(26)33(28)22-11-5-2-6-12-22/h1-19,29,34-35H. The quantitative estimate of drug-likeness (QED) is 0.343. The molecule has 0 spiro atoms. The number of rotatable bonds is 3. The largest absolute Gasteiger partial charge is 0.488 e. The highest BCUT2D eigenvalue weighted by Crippen LogP contribution is 2.52. The number of para-hydroxylation sites is 1. The Labute approximate surface area is 203 Å². The SMILES string of the molecule is OB(O)c1ccc2c(c1)c1ccc3c(c1n2-c1ccccc1)C(c1ccccc1)c1ccccc1-3. The van der Waals surface area contributed by atoms with Crippen LogP contribution in [-0.2, 0) is 0 Å². The van der Waals surface area contributed by atoms with Gasteiger partial charge in [0.05, 0.1) is 11.0 Å². The van der Waals surface area contributed by atoms with Gasteiger partial charge in [-0.25, -0.2) is 0 Å². The molecule has 1 heterocycles. The minimum absolute atomic E-state index is 0.112. The molecule has 0 bridgehead atoms. The van der Waals surface area contributed by atoms with Crippen LogP contribution in [0.5, 0.6) is 0 Å². The van der Waals surface area contributed by atoms with E-state index < -0.39 is 7.12 Å². The van der Waals surface area contributed by atoms with Crippen molar-refractivity contribution in [2.24, 2.45) is 0 Å². The highest BCUT2D eigenvalue weighted by molar-refractivity contribution is 6.59. The summed E-state index contributed by atoms with van der Waals surface area (Å²) in [5.41, 5.74) is 10.2. The van der Waals surface area contributed by atoms with Crippen LogP contribution in [0, 0.1) is 0 Å². The zero-order valence-corrected chi connectivity index (χ0v) is 19.0. The third kappa shape index (κ3) is 2.94. The van der Waals surface area contributed by atoms with E-state index in [2.05, 4.69) is 95.6 Å². The van der Waals surface area contributed by atoms with Gasteiger partial charge in [0.25, 0.3) is 0 Å². The first-order chi connectivity index (χ1) is 17.2. The maximum absolute atomic E-state index is 9.89. The van der Waals surface area contributed by atoms with Crippen LogP contribution < -0.4 is 5.46 Å². The fourth-order valence-electron chi connectivity index (χ4n) is 5.83. The van der Waals surface area contributed by atoms with E-state index in [1.165, 1.54) is 33.3 Å². The lowest BCUT2D eigenvalue weighted by Gasteiger charge is -2.18. The fraction of sp³-hybridized carbons (Fsp3) is 0.0323. The average molecular weight is 451 g/mol. The van der Waals surface area contributed by atoms with Gasteiger partial charge in [0.1, 0.15) is 0 Å². The number of benzene rings is 5. The highest BCUT2D eigenvalue weighted by atomic mass is 16.4. The summed E-state index contributed by atoms with van der Waals surface area (Å²) in [4.78, 5) is 0. The summed E-state index contributed by atoms with van der Waals surface area (Å²) < 4.78 is 2.33. The Morgan fingerprint density at radius 2 is 1.34 bits per heavy atom. The third-order valence-electron chi connectivity index (χ3n) is 7.29. The number of hydrogen-bond donors (Lipinski definition) is 2. The molecule has 5 aromatic carbocycles. The van der Waals surface area contributed by atoms with E-state index >= 15 is 0 Å². The van der Waals surface area contributed by atoms with E-state index in [0.717, 1.165) is 22.0 Å². The Hall–Kier alpha value is -4.12. The molecule has 0 saturated carbocycles. The van der Waals surface area contributed by atoms with Gasteiger partial charge in [0, 0.05) is 22.4 Å². The van der Waals surface area contributed by atoms with Crippen molar-refractivity contribution in [1.29, 1.82) is 0 Å². The molecule has 1 aliphatic carbocycles. The van der Waals surface area contributed by atoms with E-state index in [1.807, 2.05) is 18.2 Å². The lowest BCUT2D eigenvalue weighted by molar-refractivity contribution is 0.426. The minimum Gasteiger partial charge on any atom is -0.423 e. The number of fused-ring (bicyclic) bond motifs is 7. The molecular formula is C31H22BNO2. The summed E-state index contributed by atoms with van der Waals surface area (Å²) in [6.45, 7) is 0. The van der Waals surface area contributed by atoms with Crippen molar-refractivity contribution in [2.45, 2.75) is 5.92 Å². The molecule has 7 rings (SSSR count). The van der Waals surface area contributed by atoms with Crippen molar-refractivity contribution >= 4 is 34.4 Å². The van der Waals surface area contributed by atoms with Crippen molar-refractivity contribution < 1.29 is 10.0 Å². The van der Waals surface area contributed by atoms with E-state index in [1.54, 1.807) is 6.07 Å². The molecule has 1 aliphatic rings. The van der Waals surface area contributed by atoms with E-state index in [4.69, 9.17) is 0 Å². The molecule has 3 nitrogen and oxygen atoms in total. The van der Waals surface area contributed by atoms with Gasteiger partial charge in [-0.1, -0.05) is 97.1 Å². The molecule has 4 heteroatoms. The fourth-order valence-corrected chi connectivity index (χ4v) is 5.83. The van der Waals surface area contributed by atoms with Crippen LogP contribution in [0.15, 0.2) is 115 Å². The molecule has 1 atom stereocenters. The van der Waals surface area contributed by atoms with Crippen LogP contribution in [0.1, 0.15) is 22.6 Å². The monoisotopic (exact) mass is 451 g/mol. The van der Waals surface area contributed by atoms with Crippen LogP contribution in [0.2, 0.25) is 0 Å². The van der Waals surface area contributed by atoms with E-state index in [9.17, 15) is 10.0 Å². The summed E-state index contributed by atoms with van der Waals surface area (Å²) in [6, 6.07) is 40.0. The zero-order valence-electron chi connectivity index (χ0n) is 19.0. The van der Waals surface area contributed by atoms with Crippen molar-refractivity contribution in [2.75, 3.05) is 0 Å². The van der Waals surface area contributed by atoms with Gasteiger partial charge in [0.15, 0.2) is 0 Å². The molecule has 0 aliphatic heterocycles. The molecule has 0 saturated heterocycles. The second-order valence-electron chi connectivity index (χ2n) is 9.18. The van der Waals surface area contributed by atoms with Gasteiger partial charge in [-0.05, 0) is 51.5 Å². The summed E-state index contributed by atoms with van der Waals surface area (Å²) in [5.74, 6) is 0.112. The first kappa shape index (κ1) is 20.3. The zero-order chi connectivity index (χ0) is 23.5. The lowest BCUT2D eigenvalue weighted by Crippen LogP contribution is -2.29. The third-order valence-corrected chi connectivity index (χ3v) is 7.29. The first-order valence-electron chi connectivity index (χ1n) is 11.9. The molecular weight excluding hydrogens is 429 g/mol. The molecule has 1 aromatic heterocycles. The van der Waals surface area contributed by atoms with E-state index in [0.29, 0.717) is 5.46 Å². The normalized spacial score (nSPS) is 14.3. The Bertz CT molecular complexity index is 1720. The maximum atomic E-state index is 9.89. The van der Waals surface area contributed by atoms with Gasteiger partial charge < -0.3 is 14.6 Å². The topological polar surface area (TPSA) is 45.4 Å². The van der Waals surface area contributed by atoms with Crippen LogP contribution in [0.25, 0.3) is 38.6 Å². The van der Waals surface area contributed by atoms with Crippen LogP contribution in [0.3, 0.4) is 0 Å². The van der Waals surface area contributed by atoms with Gasteiger partial charge in [-0.2, -0.15) is 0 Å². The van der Waals surface area contributed by atoms with E-state index in [-0.39, 0.29) is 5.92 Å². The predicted octanol–water partition coefficient (Wildman–Crippen LogP) is 5.62. The molecule has 35 heavy (non-hydrogen) atoms. The van der Waals surface area contributed by atoms with Gasteiger partial charge in [-0.15, -0.1) is 0 Å². The average Bonchev–Trinajstić information content (AvgIpc) is 3.42. The molecule has 1 unspecified atom stereocenters. The molecule has 0 fully saturated rings. The summed E-state index contributed by atoms with van der Waals surface area (Å²) >= 11 is 0. The maximum Gasteiger partial charge on any atom is 0.488 e. The van der Waals surface area contributed by atoms with Crippen molar-refractivity contribution in [3.05, 3.63) is 132 Å².